The largest absolute Gasteiger partial charge is 0.497 e. The minimum atomic E-state index is -0.676. The number of hydrogen-bond donors (Lipinski definition) is 2. The minimum absolute atomic E-state index is 0.129. The van der Waals surface area contributed by atoms with Crippen LogP contribution < -0.4 is 15.8 Å². The lowest BCUT2D eigenvalue weighted by atomic mass is 9.90. The normalized spacial score (nSPS) is 14.9. The lowest BCUT2D eigenvalue weighted by molar-refractivity contribution is -0.383. The molecule has 0 aliphatic carbocycles. The number of methoxy groups -OCH3 is 1. The Labute approximate surface area is 177 Å². The van der Waals surface area contributed by atoms with Gasteiger partial charge in [0, 0.05) is 23.9 Å². The number of benzene rings is 3. The molecule has 3 N–H and O–H groups in total. The van der Waals surface area contributed by atoms with Crippen molar-refractivity contribution >= 4 is 39.9 Å². The van der Waals surface area contributed by atoms with Gasteiger partial charge in [-0.15, -0.1) is 0 Å². The van der Waals surface area contributed by atoms with Crippen LogP contribution in [0.1, 0.15) is 27.4 Å². The van der Waals surface area contributed by atoms with Gasteiger partial charge in [0.1, 0.15) is 5.75 Å². The second-order valence-electron chi connectivity index (χ2n) is 7.18. The van der Waals surface area contributed by atoms with Gasteiger partial charge in [0.15, 0.2) is 5.78 Å². The summed E-state index contributed by atoms with van der Waals surface area (Å²) in [7, 11) is 1.58. The Kier molecular flexibility index (Phi) is 5.12. The molecule has 1 atom stereocenters. The summed E-state index contributed by atoms with van der Waals surface area (Å²) < 4.78 is 5.13. The molecular weight excluding hydrogens is 398 g/mol. The molecule has 0 fully saturated rings. The number of carbonyl (C=O) groups is 2. The number of nitrogens with two attached hydrogens (primary N) is 1. The molecule has 1 aliphatic rings. The first-order valence-corrected chi connectivity index (χ1v) is 9.53. The van der Waals surface area contributed by atoms with Gasteiger partial charge in [-0.1, -0.05) is 24.3 Å². The van der Waals surface area contributed by atoms with Crippen molar-refractivity contribution in [2.24, 2.45) is 5.73 Å². The summed E-state index contributed by atoms with van der Waals surface area (Å²) in [6.07, 6.45) is 3.23. The van der Waals surface area contributed by atoms with Crippen molar-refractivity contribution in [3.05, 3.63) is 81.4 Å². The van der Waals surface area contributed by atoms with E-state index in [1.807, 2.05) is 12.1 Å². The lowest BCUT2D eigenvalue weighted by Gasteiger charge is -2.11. The Morgan fingerprint density at radius 3 is 2.55 bits per heavy atom. The number of hydrogen-bond acceptors (Lipinski definition) is 6. The summed E-state index contributed by atoms with van der Waals surface area (Å²) in [5, 5.41) is 15.5. The van der Waals surface area contributed by atoms with E-state index in [9.17, 15) is 19.7 Å². The maximum atomic E-state index is 13.0. The van der Waals surface area contributed by atoms with Crippen LogP contribution in [0.4, 0.5) is 11.4 Å². The van der Waals surface area contributed by atoms with Crippen molar-refractivity contribution in [1.29, 1.82) is 0 Å². The van der Waals surface area contributed by atoms with Crippen LogP contribution in [0, 0.1) is 10.1 Å². The molecule has 1 heterocycles. The molecule has 0 bridgehead atoms. The van der Waals surface area contributed by atoms with Gasteiger partial charge in [-0.05, 0) is 46.9 Å². The van der Waals surface area contributed by atoms with Crippen molar-refractivity contribution in [2.45, 2.75) is 5.92 Å². The summed E-state index contributed by atoms with van der Waals surface area (Å²) in [4.78, 5) is 35.6. The smallest absolute Gasteiger partial charge is 0.279 e. The fraction of sp³-hybridized carbons (Fsp3) is 0.130. The maximum Gasteiger partial charge on any atom is 0.279 e. The Morgan fingerprint density at radius 2 is 1.90 bits per heavy atom. The summed E-state index contributed by atoms with van der Waals surface area (Å²) in [5.41, 5.74) is 7.44. The first-order valence-electron chi connectivity index (χ1n) is 9.53. The van der Waals surface area contributed by atoms with E-state index in [1.165, 1.54) is 24.3 Å². The second-order valence-corrected chi connectivity index (χ2v) is 7.18. The summed E-state index contributed by atoms with van der Waals surface area (Å²) in [5.74, 6) is -0.589. The highest BCUT2D eigenvalue weighted by Gasteiger charge is 2.32. The van der Waals surface area contributed by atoms with Gasteiger partial charge >= 0.3 is 0 Å². The van der Waals surface area contributed by atoms with Crippen molar-refractivity contribution < 1.29 is 19.2 Å². The zero-order chi connectivity index (χ0) is 22.1. The molecule has 0 saturated carbocycles. The number of primary amides is 1. The average Bonchev–Trinajstić information content (AvgIpc) is 3.21. The predicted octanol–water partition coefficient (Wildman–Crippen LogP) is 3.65. The highest BCUT2D eigenvalue weighted by atomic mass is 16.6. The van der Waals surface area contributed by atoms with Crippen LogP contribution in [0.15, 0.2) is 54.6 Å². The number of nitrogens with zero attached hydrogens (tertiary/aromatic N) is 1. The number of anilines is 1. The number of carbonyl (C=O) groups excluding carboxylic acids is 2. The molecule has 0 spiro atoms. The highest BCUT2D eigenvalue weighted by Crippen LogP contribution is 2.42. The van der Waals surface area contributed by atoms with Crippen LogP contribution in [0.2, 0.25) is 0 Å². The third-order valence-electron chi connectivity index (χ3n) is 5.38. The SMILES string of the molecule is COc1ccc(/C=C/C(=O)C2CNc3cc([N+](=O)[O-])c4cc(C(N)=O)ccc4c32)cc1. The number of allylic oxidation sites excluding steroid dienone is 1. The highest BCUT2D eigenvalue weighted by molar-refractivity contribution is 6.09. The summed E-state index contributed by atoms with van der Waals surface area (Å²) in [6.45, 7) is 0.328. The standard InChI is InChI=1S/C23H19N3O5/c1-31-15-6-2-13(3-7-15)4-9-21(27)18-12-25-19-11-20(26(29)30)17-10-14(23(24)28)5-8-16(17)22(18)19/h2-11,18,25H,12H2,1H3,(H2,24,28)/b9-4+. The molecule has 0 saturated heterocycles. The molecule has 0 aromatic heterocycles. The van der Waals surface area contributed by atoms with Gasteiger partial charge in [0.25, 0.3) is 5.69 Å². The molecule has 8 heteroatoms. The summed E-state index contributed by atoms with van der Waals surface area (Å²) >= 11 is 0. The van der Waals surface area contributed by atoms with Crippen LogP contribution >= 0.6 is 0 Å². The monoisotopic (exact) mass is 417 g/mol. The number of ketones is 1. The molecule has 1 unspecified atom stereocenters. The van der Waals surface area contributed by atoms with E-state index in [0.717, 1.165) is 11.3 Å². The Bertz CT molecular complexity index is 1250. The number of rotatable bonds is 6. The van der Waals surface area contributed by atoms with Crippen LogP contribution in [0.25, 0.3) is 16.8 Å². The van der Waals surface area contributed by atoms with Gasteiger partial charge < -0.3 is 15.8 Å². The van der Waals surface area contributed by atoms with E-state index in [2.05, 4.69) is 5.32 Å². The molecule has 8 nitrogen and oxygen atoms in total. The third-order valence-corrected chi connectivity index (χ3v) is 5.38. The number of ether oxygens (including phenoxy) is 1. The van der Waals surface area contributed by atoms with E-state index in [0.29, 0.717) is 23.2 Å². The number of fused-ring (bicyclic) bond motifs is 3. The number of non-ortho nitro benzene ring substituents is 1. The fourth-order valence-electron chi connectivity index (χ4n) is 3.82. The molecule has 4 rings (SSSR count). The third kappa shape index (κ3) is 3.71. The number of nitro groups is 1. The topological polar surface area (TPSA) is 125 Å². The van der Waals surface area contributed by atoms with E-state index in [1.54, 1.807) is 31.4 Å². The Hall–Kier alpha value is -4.20. The van der Waals surface area contributed by atoms with E-state index in [4.69, 9.17) is 10.5 Å². The second kappa shape index (κ2) is 7.91. The van der Waals surface area contributed by atoms with Crippen molar-refractivity contribution in [3.63, 3.8) is 0 Å². The molecule has 1 amide bonds. The van der Waals surface area contributed by atoms with Crippen molar-refractivity contribution in [2.75, 3.05) is 19.0 Å². The Morgan fingerprint density at radius 1 is 1.16 bits per heavy atom. The molecule has 3 aromatic carbocycles. The maximum absolute atomic E-state index is 13.0. The summed E-state index contributed by atoms with van der Waals surface area (Å²) in [6, 6.07) is 13.2. The van der Waals surface area contributed by atoms with Crippen LogP contribution in [-0.2, 0) is 4.79 Å². The number of nitrogens with one attached hydrogen (secondary N) is 1. The molecule has 1 aliphatic heterocycles. The average molecular weight is 417 g/mol. The molecular formula is C23H19N3O5. The van der Waals surface area contributed by atoms with Gasteiger partial charge in [0.05, 0.1) is 23.3 Å². The number of nitro benzene ring substituents is 1. The first kappa shape index (κ1) is 20.1. The Balaban J connectivity index is 1.74. The van der Waals surface area contributed by atoms with Crippen LogP contribution in [0.3, 0.4) is 0 Å². The quantitative estimate of drug-likeness (QED) is 0.358. The van der Waals surface area contributed by atoms with Gasteiger partial charge in [-0.25, -0.2) is 0 Å². The van der Waals surface area contributed by atoms with Crippen LogP contribution in [0.5, 0.6) is 5.75 Å². The molecule has 3 aromatic rings. The lowest BCUT2D eigenvalue weighted by Crippen LogP contribution is -2.13. The van der Waals surface area contributed by atoms with Gasteiger partial charge in [0.2, 0.25) is 5.91 Å². The first-order chi connectivity index (χ1) is 14.9. The minimum Gasteiger partial charge on any atom is -0.497 e. The van der Waals surface area contributed by atoms with Gasteiger partial charge in [-0.3, -0.25) is 19.7 Å². The van der Waals surface area contributed by atoms with E-state index in [-0.39, 0.29) is 22.4 Å². The zero-order valence-corrected chi connectivity index (χ0v) is 16.6. The molecule has 31 heavy (non-hydrogen) atoms. The van der Waals surface area contributed by atoms with Crippen molar-refractivity contribution in [3.8, 4) is 5.75 Å². The predicted molar refractivity (Wildman–Crippen MR) is 117 cm³/mol. The van der Waals surface area contributed by atoms with E-state index >= 15 is 0 Å². The molecule has 0 radical (unpaired) electrons. The van der Waals surface area contributed by atoms with Gasteiger partial charge in [-0.2, -0.15) is 0 Å². The van der Waals surface area contributed by atoms with E-state index < -0.39 is 16.7 Å². The fourth-order valence-corrected chi connectivity index (χ4v) is 3.82. The van der Waals surface area contributed by atoms with Crippen molar-refractivity contribution in [1.82, 2.24) is 0 Å². The molecule has 156 valence electrons. The number of amides is 1. The van der Waals surface area contributed by atoms with Crippen LogP contribution in [-0.4, -0.2) is 30.3 Å². The zero-order valence-electron chi connectivity index (χ0n) is 16.6.